The largest absolute Gasteiger partial charge is 0.294 e. The van der Waals surface area contributed by atoms with Gasteiger partial charge in [-0.05, 0) is 31.2 Å². The third-order valence-corrected chi connectivity index (χ3v) is 3.75. The van der Waals surface area contributed by atoms with Gasteiger partial charge in [-0.25, -0.2) is 0 Å². The summed E-state index contributed by atoms with van der Waals surface area (Å²) in [5.74, 6) is 0.266. The Hall–Kier alpha value is -0.280. The molecule has 0 aliphatic rings. The van der Waals surface area contributed by atoms with E-state index in [2.05, 4.69) is 15.9 Å². The molecule has 0 heterocycles. The van der Waals surface area contributed by atoms with E-state index in [4.69, 9.17) is 0 Å². The zero-order chi connectivity index (χ0) is 11.8. The minimum absolute atomic E-state index is 0.266. The Kier molecular flexibility index (Phi) is 6.81. The molecular formula is C13H17BrOS. The van der Waals surface area contributed by atoms with E-state index in [1.54, 1.807) is 11.8 Å². The second-order valence-corrected chi connectivity index (χ2v) is 5.32. The monoisotopic (exact) mass is 300 g/mol. The summed E-state index contributed by atoms with van der Waals surface area (Å²) in [7, 11) is 0. The van der Waals surface area contributed by atoms with Crippen LogP contribution in [0.1, 0.15) is 36.0 Å². The number of hydrogen-bond donors (Lipinski definition) is 0. The first kappa shape index (κ1) is 13.8. The summed E-state index contributed by atoms with van der Waals surface area (Å²) in [4.78, 5) is 13.0. The lowest BCUT2D eigenvalue weighted by Crippen LogP contribution is -1.98. The third kappa shape index (κ3) is 4.71. The molecule has 88 valence electrons. The van der Waals surface area contributed by atoms with Crippen LogP contribution in [0.3, 0.4) is 0 Å². The van der Waals surface area contributed by atoms with Crippen molar-refractivity contribution in [3.63, 3.8) is 0 Å². The minimum Gasteiger partial charge on any atom is -0.294 e. The number of carbonyl (C=O) groups is 1. The molecule has 1 aromatic carbocycles. The molecule has 0 aromatic heterocycles. The number of unbranched alkanes of at least 4 members (excludes halogenated alkanes) is 2. The molecule has 0 unspecified atom stereocenters. The predicted octanol–water partition coefficient (Wildman–Crippen LogP) is 4.55. The molecule has 0 saturated carbocycles. The molecule has 0 spiro atoms. The number of ketones is 1. The van der Waals surface area contributed by atoms with Gasteiger partial charge in [0.2, 0.25) is 0 Å². The van der Waals surface area contributed by atoms with Crippen molar-refractivity contribution in [2.45, 2.75) is 30.6 Å². The van der Waals surface area contributed by atoms with Gasteiger partial charge in [0.05, 0.1) is 0 Å². The number of thioether (sulfide) groups is 1. The van der Waals surface area contributed by atoms with E-state index < -0.39 is 0 Å². The molecule has 1 aromatic rings. The maximum absolute atomic E-state index is 11.8. The maximum Gasteiger partial charge on any atom is 0.162 e. The van der Waals surface area contributed by atoms with E-state index in [-0.39, 0.29) is 5.78 Å². The van der Waals surface area contributed by atoms with Gasteiger partial charge in [-0.1, -0.05) is 34.5 Å². The Morgan fingerprint density at radius 1 is 1.19 bits per heavy atom. The molecule has 3 heteroatoms. The number of hydrogen-bond acceptors (Lipinski definition) is 2. The second kappa shape index (κ2) is 7.91. The van der Waals surface area contributed by atoms with Crippen molar-refractivity contribution < 1.29 is 4.79 Å². The average molecular weight is 301 g/mol. The van der Waals surface area contributed by atoms with Crippen LogP contribution < -0.4 is 0 Å². The zero-order valence-corrected chi connectivity index (χ0v) is 11.9. The smallest absolute Gasteiger partial charge is 0.162 e. The molecule has 0 fully saturated rings. The van der Waals surface area contributed by atoms with E-state index in [1.165, 1.54) is 4.90 Å². The van der Waals surface area contributed by atoms with Crippen molar-refractivity contribution in [3.8, 4) is 0 Å². The van der Waals surface area contributed by atoms with Crippen LogP contribution in [0.15, 0.2) is 29.2 Å². The Bertz CT molecular complexity index is 321. The van der Waals surface area contributed by atoms with Gasteiger partial charge in [0.25, 0.3) is 0 Å². The van der Waals surface area contributed by atoms with Gasteiger partial charge in [0, 0.05) is 22.2 Å². The molecule has 0 aliphatic heterocycles. The molecule has 0 saturated heterocycles. The van der Waals surface area contributed by atoms with Crippen LogP contribution in [0.25, 0.3) is 0 Å². The van der Waals surface area contributed by atoms with Crippen molar-refractivity contribution >= 4 is 33.5 Å². The van der Waals surface area contributed by atoms with Crippen LogP contribution >= 0.6 is 27.7 Å². The van der Waals surface area contributed by atoms with Crippen LogP contribution in [0.5, 0.6) is 0 Å². The molecular weight excluding hydrogens is 284 g/mol. The number of Topliss-reactive ketones (excluding diaryl/α,β-unsaturated/α-hetero) is 1. The molecule has 1 rings (SSSR count). The molecule has 0 atom stereocenters. The Balaban J connectivity index is 2.40. The first-order valence-electron chi connectivity index (χ1n) is 5.51. The van der Waals surface area contributed by atoms with Crippen LogP contribution in [0, 0.1) is 0 Å². The highest BCUT2D eigenvalue weighted by Crippen LogP contribution is 2.16. The topological polar surface area (TPSA) is 17.1 Å². The summed E-state index contributed by atoms with van der Waals surface area (Å²) in [6.07, 6.45) is 5.98. The van der Waals surface area contributed by atoms with Gasteiger partial charge < -0.3 is 0 Å². The summed E-state index contributed by atoms with van der Waals surface area (Å²) in [6.45, 7) is 0. The van der Waals surface area contributed by atoms with Gasteiger partial charge in [-0.3, -0.25) is 4.79 Å². The molecule has 0 aliphatic carbocycles. The summed E-state index contributed by atoms with van der Waals surface area (Å²) in [6, 6.07) is 7.88. The SMILES string of the molecule is CSc1ccc(C(=O)CCCCCBr)cc1. The maximum atomic E-state index is 11.8. The normalized spacial score (nSPS) is 10.4. The highest BCUT2D eigenvalue weighted by molar-refractivity contribution is 9.09. The molecule has 16 heavy (non-hydrogen) atoms. The lowest BCUT2D eigenvalue weighted by Gasteiger charge is -2.02. The van der Waals surface area contributed by atoms with Crippen molar-refractivity contribution in [2.75, 3.05) is 11.6 Å². The summed E-state index contributed by atoms with van der Waals surface area (Å²) < 4.78 is 0. The fourth-order valence-electron chi connectivity index (χ4n) is 1.48. The van der Waals surface area contributed by atoms with Crippen LogP contribution in [-0.2, 0) is 0 Å². The Morgan fingerprint density at radius 3 is 2.44 bits per heavy atom. The quantitative estimate of drug-likeness (QED) is 0.318. The highest BCUT2D eigenvalue weighted by atomic mass is 79.9. The van der Waals surface area contributed by atoms with E-state index in [0.29, 0.717) is 6.42 Å². The van der Waals surface area contributed by atoms with Gasteiger partial charge in [-0.15, -0.1) is 11.8 Å². The average Bonchev–Trinajstić information content (AvgIpc) is 2.34. The minimum atomic E-state index is 0.266. The molecule has 0 amide bonds. The first-order chi connectivity index (χ1) is 7.77. The predicted molar refractivity (Wildman–Crippen MR) is 74.8 cm³/mol. The summed E-state index contributed by atoms with van der Waals surface area (Å²) in [5, 5.41) is 1.03. The van der Waals surface area contributed by atoms with Crippen LogP contribution in [0.2, 0.25) is 0 Å². The van der Waals surface area contributed by atoms with Gasteiger partial charge in [0.15, 0.2) is 5.78 Å². The third-order valence-electron chi connectivity index (χ3n) is 2.45. The molecule has 0 bridgehead atoms. The van der Waals surface area contributed by atoms with Gasteiger partial charge in [-0.2, -0.15) is 0 Å². The Morgan fingerprint density at radius 2 is 1.88 bits per heavy atom. The number of benzene rings is 1. The van der Waals surface area contributed by atoms with Gasteiger partial charge >= 0.3 is 0 Å². The lowest BCUT2D eigenvalue weighted by molar-refractivity contribution is 0.0979. The number of rotatable bonds is 7. The number of halogens is 1. The Labute approximate surface area is 110 Å². The van der Waals surface area contributed by atoms with Crippen molar-refractivity contribution in [1.82, 2.24) is 0 Å². The summed E-state index contributed by atoms with van der Waals surface area (Å²) >= 11 is 5.09. The van der Waals surface area contributed by atoms with Crippen LogP contribution in [-0.4, -0.2) is 17.4 Å². The molecule has 1 nitrogen and oxygen atoms in total. The fourth-order valence-corrected chi connectivity index (χ4v) is 2.28. The van der Waals surface area contributed by atoms with Crippen molar-refractivity contribution in [1.29, 1.82) is 0 Å². The van der Waals surface area contributed by atoms with Crippen molar-refractivity contribution in [3.05, 3.63) is 29.8 Å². The van der Waals surface area contributed by atoms with E-state index in [1.807, 2.05) is 30.5 Å². The highest BCUT2D eigenvalue weighted by Gasteiger charge is 2.04. The number of alkyl halides is 1. The van der Waals surface area contributed by atoms with E-state index in [0.717, 1.165) is 30.2 Å². The van der Waals surface area contributed by atoms with Gasteiger partial charge in [0.1, 0.15) is 0 Å². The lowest BCUT2D eigenvalue weighted by atomic mass is 10.1. The number of carbonyl (C=O) groups excluding carboxylic acids is 1. The van der Waals surface area contributed by atoms with Crippen molar-refractivity contribution in [2.24, 2.45) is 0 Å². The first-order valence-corrected chi connectivity index (χ1v) is 7.85. The van der Waals surface area contributed by atoms with E-state index in [9.17, 15) is 4.79 Å². The zero-order valence-electron chi connectivity index (χ0n) is 9.54. The summed E-state index contributed by atoms with van der Waals surface area (Å²) in [5.41, 5.74) is 0.844. The fraction of sp³-hybridized carbons (Fsp3) is 0.462. The van der Waals surface area contributed by atoms with Crippen LogP contribution in [0.4, 0.5) is 0 Å². The molecule has 0 N–H and O–H groups in total. The second-order valence-electron chi connectivity index (χ2n) is 3.65. The van der Waals surface area contributed by atoms with E-state index >= 15 is 0 Å². The molecule has 0 radical (unpaired) electrons. The standard InChI is InChI=1S/C13H17BrOS/c1-16-12-8-6-11(7-9-12)13(15)5-3-2-4-10-14/h6-9H,2-5,10H2,1H3.